The Morgan fingerprint density at radius 2 is 2.00 bits per heavy atom. The first-order chi connectivity index (χ1) is 9.42. The summed E-state index contributed by atoms with van der Waals surface area (Å²) in [5, 5.41) is 6.07. The Balaban J connectivity index is 0.00000400. The summed E-state index contributed by atoms with van der Waals surface area (Å²) in [6, 6.07) is 5.33. The number of nitrogens with one attached hydrogen (secondary N) is 2. The molecule has 8 heteroatoms. The summed E-state index contributed by atoms with van der Waals surface area (Å²) in [7, 11) is 0. The summed E-state index contributed by atoms with van der Waals surface area (Å²) in [4.78, 5) is 23.7. The van der Waals surface area contributed by atoms with Crippen LogP contribution in [0, 0.1) is 0 Å². The highest BCUT2D eigenvalue weighted by Crippen LogP contribution is 2.32. The van der Waals surface area contributed by atoms with Crippen LogP contribution < -0.4 is 16.4 Å². The number of carbonyl (C=O) groups is 2. The van der Waals surface area contributed by atoms with Crippen LogP contribution >= 0.6 is 35.8 Å². The third-order valence-corrected chi connectivity index (χ3v) is 3.53. The van der Waals surface area contributed by atoms with E-state index in [1.165, 1.54) is 0 Å². The fourth-order valence-corrected chi connectivity index (χ4v) is 2.47. The van der Waals surface area contributed by atoms with Gasteiger partial charge in [0.2, 0.25) is 11.8 Å². The maximum Gasteiger partial charge on any atom is 0.243 e. The zero-order chi connectivity index (χ0) is 15.1. The van der Waals surface area contributed by atoms with Crippen molar-refractivity contribution in [1.82, 2.24) is 5.32 Å². The van der Waals surface area contributed by atoms with Gasteiger partial charge in [0.15, 0.2) is 0 Å². The molecule has 0 atom stereocenters. The fraction of sp³-hybridized carbons (Fsp3) is 0.385. The largest absolute Gasteiger partial charge is 0.346 e. The van der Waals surface area contributed by atoms with E-state index in [9.17, 15) is 9.59 Å². The van der Waals surface area contributed by atoms with Crippen molar-refractivity contribution in [3.63, 3.8) is 0 Å². The van der Waals surface area contributed by atoms with Crippen LogP contribution in [0.1, 0.15) is 13.8 Å². The molecule has 0 radical (unpaired) electrons. The van der Waals surface area contributed by atoms with Crippen LogP contribution in [0.3, 0.4) is 0 Å². The molecule has 0 unspecified atom stereocenters. The van der Waals surface area contributed by atoms with E-state index >= 15 is 0 Å². The number of hydrogen-bond acceptors (Lipinski definition) is 4. The van der Waals surface area contributed by atoms with Crippen molar-refractivity contribution in [3.05, 3.63) is 23.2 Å². The lowest BCUT2D eigenvalue weighted by Gasteiger charge is -2.13. The maximum absolute atomic E-state index is 11.8. The van der Waals surface area contributed by atoms with Crippen molar-refractivity contribution in [2.45, 2.75) is 24.0 Å². The molecule has 0 saturated carbocycles. The van der Waals surface area contributed by atoms with Crippen LogP contribution in [-0.4, -0.2) is 30.2 Å². The Bertz CT molecular complexity index is 498. The normalized spacial score (nSPS) is 9.95. The lowest BCUT2D eigenvalue weighted by molar-refractivity contribution is -0.123. The molecule has 0 saturated heterocycles. The van der Waals surface area contributed by atoms with Gasteiger partial charge in [-0.2, -0.15) is 0 Å². The summed E-state index contributed by atoms with van der Waals surface area (Å²) < 4.78 is 0. The number of nitrogens with two attached hydrogens (primary N) is 1. The van der Waals surface area contributed by atoms with E-state index in [0.29, 0.717) is 16.0 Å². The Morgan fingerprint density at radius 1 is 1.33 bits per heavy atom. The summed E-state index contributed by atoms with van der Waals surface area (Å²) >= 11 is 7.56. The molecule has 118 valence electrons. The van der Waals surface area contributed by atoms with Gasteiger partial charge in [0, 0.05) is 15.2 Å². The first-order valence-electron chi connectivity index (χ1n) is 6.15. The SMILES string of the molecule is CC(C)Sc1ccc(Cl)cc1NC(=O)CNC(=O)CN.Cl. The van der Waals surface area contributed by atoms with Gasteiger partial charge >= 0.3 is 0 Å². The average molecular weight is 352 g/mol. The molecule has 0 bridgehead atoms. The predicted octanol–water partition coefficient (Wildman–Crippen LogP) is 2.28. The van der Waals surface area contributed by atoms with Gasteiger partial charge in [-0.05, 0) is 18.2 Å². The van der Waals surface area contributed by atoms with Gasteiger partial charge in [0.05, 0.1) is 18.8 Å². The van der Waals surface area contributed by atoms with E-state index in [-0.39, 0.29) is 37.3 Å². The van der Waals surface area contributed by atoms with Gasteiger partial charge in [-0.1, -0.05) is 25.4 Å². The predicted molar refractivity (Wildman–Crippen MR) is 90.4 cm³/mol. The molecule has 0 aromatic heterocycles. The van der Waals surface area contributed by atoms with Gasteiger partial charge in [0.25, 0.3) is 0 Å². The van der Waals surface area contributed by atoms with Crippen molar-refractivity contribution in [3.8, 4) is 0 Å². The Morgan fingerprint density at radius 3 is 2.57 bits per heavy atom. The first-order valence-corrected chi connectivity index (χ1v) is 7.41. The molecule has 1 aromatic rings. The smallest absolute Gasteiger partial charge is 0.243 e. The van der Waals surface area contributed by atoms with Crippen LogP contribution in [0.5, 0.6) is 0 Å². The number of amides is 2. The molecule has 4 N–H and O–H groups in total. The molecule has 5 nitrogen and oxygen atoms in total. The van der Waals surface area contributed by atoms with E-state index in [1.807, 2.05) is 6.07 Å². The van der Waals surface area contributed by atoms with Gasteiger partial charge in [0.1, 0.15) is 0 Å². The molecule has 21 heavy (non-hydrogen) atoms. The number of anilines is 1. The zero-order valence-electron chi connectivity index (χ0n) is 11.8. The van der Waals surface area contributed by atoms with E-state index < -0.39 is 0 Å². The van der Waals surface area contributed by atoms with E-state index in [0.717, 1.165) is 4.90 Å². The molecular formula is C13H19Cl2N3O2S. The van der Waals surface area contributed by atoms with E-state index in [2.05, 4.69) is 24.5 Å². The third kappa shape index (κ3) is 7.57. The number of thioether (sulfide) groups is 1. The second-order valence-electron chi connectivity index (χ2n) is 4.34. The Hall–Kier alpha value is -0.950. The highest BCUT2D eigenvalue weighted by atomic mass is 35.5. The van der Waals surface area contributed by atoms with Gasteiger partial charge in [-0.25, -0.2) is 0 Å². The number of rotatable bonds is 6. The average Bonchev–Trinajstić information content (AvgIpc) is 2.38. The lowest BCUT2D eigenvalue weighted by atomic mass is 10.3. The minimum absolute atomic E-state index is 0. The van der Waals surface area contributed by atoms with E-state index in [4.69, 9.17) is 17.3 Å². The number of halogens is 2. The molecule has 0 aliphatic rings. The fourth-order valence-electron chi connectivity index (χ4n) is 1.40. The number of benzene rings is 1. The molecule has 0 spiro atoms. The third-order valence-electron chi connectivity index (χ3n) is 2.21. The van der Waals surface area contributed by atoms with Crippen LogP contribution in [0.2, 0.25) is 5.02 Å². The first kappa shape index (κ1) is 20.1. The zero-order valence-corrected chi connectivity index (χ0v) is 14.2. The van der Waals surface area contributed by atoms with Crippen LogP contribution in [-0.2, 0) is 9.59 Å². The van der Waals surface area contributed by atoms with E-state index in [1.54, 1.807) is 23.9 Å². The van der Waals surface area contributed by atoms with Crippen molar-refractivity contribution in [2.75, 3.05) is 18.4 Å². The Kier molecular flexibility index (Phi) is 9.44. The van der Waals surface area contributed by atoms with Gasteiger partial charge in [-0.15, -0.1) is 24.2 Å². The molecule has 0 heterocycles. The minimum Gasteiger partial charge on any atom is -0.346 e. The van der Waals surface area contributed by atoms with Crippen LogP contribution in [0.4, 0.5) is 5.69 Å². The second kappa shape index (κ2) is 9.89. The molecule has 2 amide bonds. The molecule has 1 aromatic carbocycles. The molecule has 1 rings (SSSR count). The molecule has 0 fully saturated rings. The van der Waals surface area contributed by atoms with Gasteiger partial charge in [-0.3, -0.25) is 9.59 Å². The topological polar surface area (TPSA) is 84.2 Å². The number of hydrogen-bond donors (Lipinski definition) is 3. The summed E-state index contributed by atoms with van der Waals surface area (Å²) in [5.74, 6) is -0.692. The highest BCUT2D eigenvalue weighted by molar-refractivity contribution is 8.00. The van der Waals surface area contributed by atoms with Crippen molar-refractivity contribution < 1.29 is 9.59 Å². The minimum atomic E-state index is -0.372. The van der Waals surface area contributed by atoms with Gasteiger partial charge < -0.3 is 16.4 Å². The monoisotopic (exact) mass is 351 g/mol. The summed E-state index contributed by atoms with van der Waals surface area (Å²) in [5.41, 5.74) is 5.79. The second-order valence-corrected chi connectivity index (χ2v) is 6.39. The molecule has 0 aliphatic carbocycles. The Labute approximate surface area is 139 Å². The maximum atomic E-state index is 11.8. The lowest BCUT2D eigenvalue weighted by Crippen LogP contribution is -2.36. The molecular weight excluding hydrogens is 333 g/mol. The van der Waals surface area contributed by atoms with Crippen molar-refractivity contribution in [1.29, 1.82) is 0 Å². The standard InChI is InChI=1S/C13H18ClN3O2S.ClH/c1-8(2)20-11-4-3-9(14)5-10(11)17-13(19)7-16-12(18)6-15;/h3-5,8H,6-7,15H2,1-2H3,(H,16,18)(H,17,19);1H. The van der Waals surface area contributed by atoms with Crippen LogP contribution in [0.25, 0.3) is 0 Å². The summed E-state index contributed by atoms with van der Waals surface area (Å²) in [6.45, 7) is 3.87. The molecule has 0 aliphatic heterocycles. The van der Waals surface area contributed by atoms with Crippen LogP contribution in [0.15, 0.2) is 23.1 Å². The quantitative estimate of drug-likeness (QED) is 0.686. The summed E-state index contributed by atoms with van der Waals surface area (Å²) in [6.07, 6.45) is 0. The van der Waals surface area contributed by atoms with Crippen molar-refractivity contribution >= 4 is 53.3 Å². The highest BCUT2D eigenvalue weighted by Gasteiger charge is 2.10. The van der Waals surface area contributed by atoms with Crippen molar-refractivity contribution in [2.24, 2.45) is 5.73 Å². The number of carbonyl (C=O) groups excluding carboxylic acids is 2.